The van der Waals surface area contributed by atoms with Gasteiger partial charge in [0.15, 0.2) is 0 Å². The number of anilines is 2. The first-order chi connectivity index (χ1) is 30.4. The van der Waals surface area contributed by atoms with Crippen molar-refractivity contribution in [1.82, 2.24) is 14.0 Å². The number of thioether (sulfide) groups is 2. The van der Waals surface area contributed by atoms with Crippen LogP contribution in [0.3, 0.4) is 0 Å². The van der Waals surface area contributed by atoms with Crippen molar-refractivity contribution in [2.45, 2.75) is 88.2 Å². The first-order valence-corrected chi connectivity index (χ1v) is 25.1. The Kier molecular flexibility index (Phi) is 13.7. The van der Waals surface area contributed by atoms with Crippen LogP contribution in [0.25, 0.3) is 23.1 Å². The lowest BCUT2D eigenvalue weighted by molar-refractivity contribution is -0.138. The van der Waals surface area contributed by atoms with Gasteiger partial charge in [0, 0.05) is 54.3 Å². The number of thiazole rings is 2. The van der Waals surface area contributed by atoms with Crippen molar-refractivity contribution in [3.8, 4) is 0 Å². The maximum Gasteiger partial charge on any atom is 0.305 e. The molecular weight excluding hydrogens is 893 g/mol. The summed E-state index contributed by atoms with van der Waals surface area (Å²) in [6.45, 7) is 2.28. The summed E-state index contributed by atoms with van der Waals surface area (Å²) in [6, 6.07) is 23.9. The molecule has 3 aliphatic rings. The number of unbranched alkanes of at least 4 members (excludes halogenated alkanes) is 2. The number of aromatic nitrogens is 2. The first-order valence-electron chi connectivity index (χ1n) is 21.0. The van der Waals surface area contributed by atoms with Crippen molar-refractivity contribution in [2.24, 2.45) is 0 Å². The molecule has 63 heavy (non-hydrogen) atoms. The number of nitrogens with zero attached hydrogens (tertiary/aromatic N) is 4. The smallest absolute Gasteiger partial charge is 0.305 e. The third-order valence-corrected chi connectivity index (χ3v) is 16.5. The zero-order valence-corrected chi connectivity index (χ0v) is 38.9. The number of carbonyl (C=O) groups is 3. The molecule has 3 aromatic carbocycles. The van der Waals surface area contributed by atoms with E-state index in [0.29, 0.717) is 60.9 Å². The van der Waals surface area contributed by atoms with Gasteiger partial charge < -0.3 is 15.1 Å². The van der Waals surface area contributed by atoms with Crippen LogP contribution < -0.4 is 25.2 Å². The average molecular weight is 939 g/mol. The molecule has 1 saturated carbocycles. The summed E-state index contributed by atoms with van der Waals surface area (Å²) in [4.78, 5) is 70.2. The van der Waals surface area contributed by atoms with Gasteiger partial charge in [-0.05, 0) is 104 Å². The summed E-state index contributed by atoms with van der Waals surface area (Å²) in [5.41, 5.74) is 5.90. The van der Waals surface area contributed by atoms with Crippen LogP contribution in [-0.2, 0) is 27.5 Å². The summed E-state index contributed by atoms with van der Waals surface area (Å²) >= 11 is 10.7. The Morgan fingerprint density at radius 2 is 1.51 bits per heavy atom. The van der Waals surface area contributed by atoms with Crippen molar-refractivity contribution < 1.29 is 24.6 Å². The highest BCUT2D eigenvalue weighted by Gasteiger charge is 2.42. The molecule has 2 N–H and O–H groups in total. The molecule has 2 unspecified atom stereocenters. The lowest BCUT2D eigenvalue weighted by atomic mass is 9.96. The number of rotatable bonds is 15. The molecule has 11 nitrogen and oxygen atoms in total. The van der Waals surface area contributed by atoms with Gasteiger partial charge in [-0.1, -0.05) is 79.3 Å². The lowest BCUT2D eigenvalue weighted by Gasteiger charge is -2.27. The fourth-order valence-corrected chi connectivity index (χ4v) is 13.0. The zero-order valence-electron chi connectivity index (χ0n) is 34.8. The molecule has 5 aromatic rings. The van der Waals surface area contributed by atoms with E-state index in [2.05, 4.69) is 84.0 Å². The Morgan fingerprint density at radius 1 is 0.810 bits per heavy atom. The van der Waals surface area contributed by atoms with Crippen LogP contribution in [0.15, 0.2) is 81.2 Å². The van der Waals surface area contributed by atoms with Gasteiger partial charge in [0.25, 0.3) is 17.0 Å². The monoisotopic (exact) mass is 938 g/mol. The van der Waals surface area contributed by atoms with Crippen LogP contribution in [0.1, 0.15) is 86.5 Å². The Morgan fingerprint density at radius 3 is 2.19 bits per heavy atom. The van der Waals surface area contributed by atoms with E-state index >= 15 is 0 Å². The number of amides is 1. The number of carbonyl (C=O) groups excluding carboxylic acids is 1. The second kappa shape index (κ2) is 19.4. The van der Waals surface area contributed by atoms with E-state index in [1.165, 1.54) is 24.5 Å². The predicted molar refractivity (Wildman–Crippen MR) is 260 cm³/mol. The highest BCUT2D eigenvalue weighted by Crippen LogP contribution is 2.52. The van der Waals surface area contributed by atoms with Gasteiger partial charge in [0.2, 0.25) is 0 Å². The summed E-state index contributed by atoms with van der Waals surface area (Å²) in [5, 5.41) is 18.6. The fraction of sp³-hybridized carbons (Fsp3) is 0.319. The van der Waals surface area contributed by atoms with E-state index < -0.39 is 11.9 Å². The topological polar surface area (TPSA) is 142 Å². The van der Waals surface area contributed by atoms with Crippen molar-refractivity contribution in [3.05, 3.63) is 128 Å². The molecule has 16 heteroatoms. The Balaban J connectivity index is 1.14. The molecule has 2 aromatic heterocycles. The Labute approximate surface area is 385 Å². The second-order valence-electron chi connectivity index (χ2n) is 15.7. The normalized spacial score (nSPS) is 18.9. The van der Waals surface area contributed by atoms with E-state index in [-0.39, 0.29) is 47.5 Å². The quantitative estimate of drug-likeness (QED) is 0.0456. The van der Waals surface area contributed by atoms with Gasteiger partial charge in [0.1, 0.15) is 23.1 Å². The second-order valence-corrected chi connectivity index (χ2v) is 20.2. The van der Waals surface area contributed by atoms with Crippen LogP contribution in [0, 0.1) is 9.20 Å². The first kappa shape index (κ1) is 44.6. The molecule has 2 fully saturated rings. The highest BCUT2D eigenvalue weighted by molar-refractivity contribution is 8.30. The third-order valence-electron chi connectivity index (χ3n) is 11.7. The number of aliphatic carboxylic acids is 2. The molecule has 1 aliphatic carbocycles. The van der Waals surface area contributed by atoms with E-state index in [1.54, 1.807) is 18.7 Å². The molecule has 1 amide bonds. The molecule has 1 saturated heterocycles. The van der Waals surface area contributed by atoms with Gasteiger partial charge in [-0.15, -0.1) is 34.4 Å². The van der Waals surface area contributed by atoms with Crippen LogP contribution in [0.5, 0.6) is 0 Å². The number of thiocarbonyl (C=S) groups is 1. The molecule has 4 heterocycles. The van der Waals surface area contributed by atoms with Crippen LogP contribution >= 0.6 is 58.4 Å². The summed E-state index contributed by atoms with van der Waals surface area (Å²) in [6.07, 6.45) is 12.9. The van der Waals surface area contributed by atoms with E-state index in [1.807, 2.05) is 12.1 Å². The number of benzene rings is 3. The molecule has 326 valence electrons. The molecule has 0 bridgehead atoms. The maximum atomic E-state index is 14.2. The largest absolute Gasteiger partial charge is 0.481 e. The molecular formula is C47H46N4O7S5. The molecule has 0 spiro atoms. The maximum absolute atomic E-state index is 14.2. The summed E-state index contributed by atoms with van der Waals surface area (Å²) < 4.78 is 4.66. The van der Waals surface area contributed by atoms with Crippen molar-refractivity contribution in [3.63, 3.8) is 0 Å². The van der Waals surface area contributed by atoms with Crippen LogP contribution in [-0.4, -0.2) is 65.3 Å². The number of hydrogen-bond donors (Lipinski definition) is 2. The highest BCUT2D eigenvalue weighted by atomic mass is 32.2. The predicted octanol–water partition coefficient (Wildman–Crippen LogP) is 8.04. The molecule has 2 aliphatic heterocycles. The lowest BCUT2D eigenvalue weighted by Crippen LogP contribution is -2.32. The van der Waals surface area contributed by atoms with Gasteiger partial charge in [0.05, 0.1) is 11.0 Å². The minimum atomic E-state index is -1.07. The van der Waals surface area contributed by atoms with E-state index in [0.717, 1.165) is 81.8 Å². The third kappa shape index (κ3) is 9.32. The van der Waals surface area contributed by atoms with Crippen molar-refractivity contribution >= 4 is 115 Å². The minimum Gasteiger partial charge on any atom is -0.481 e. The summed E-state index contributed by atoms with van der Waals surface area (Å²) in [7, 11) is 0. The standard InChI is InChI=1S/C47H46N4O7S5/c1-3-48-43(57)40(62-45(48)41-44(58)50(47(59)63-41)24-6-4-5-10-38(52)53)46-49(25-23-39(54)55)42(56)37(61-46)27-30-17-22-36-34(26-30)33-8-7-9-35(33)51(36)31-18-13-28(14-19-31)11-12-29-15-20-32(60-2)21-16-29/h11-22,26-27,33,35H,3-10,23-25H2,1-2H3,(H,52,53)(H,54,55)/b12-11?,37-27-,45-41+,46-40+. The van der Waals surface area contributed by atoms with E-state index in [4.69, 9.17) is 17.3 Å². The van der Waals surface area contributed by atoms with Gasteiger partial charge in [-0.2, -0.15) is 0 Å². The SMILES string of the molecule is CCn1c(=O)/c(=c2\s/c(=C\c3ccc4c(c3)C3CCCC3N4c3ccc(C=Cc4ccc(SC)cc4)cc3)c(=O)n2CCC(=O)O)s/c1=C1/SC(=S)N(CCCCCC(=O)O)C1=O. The number of carboxylic acid groups (broad SMARTS) is 2. The number of fused-ring (bicyclic) bond motifs is 3. The van der Waals surface area contributed by atoms with Gasteiger partial charge in [-0.25, -0.2) is 0 Å². The molecule has 2 atom stereocenters. The van der Waals surface area contributed by atoms with Gasteiger partial charge in [-0.3, -0.25) is 38.0 Å². The van der Waals surface area contributed by atoms with Gasteiger partial charge >= 0.3 is 11.9 Å². The van der Waals surface area contributed by atoms with Crippen LogP contribution in [0.2, 0.25) is 0 Å². The number of hydrogen-bond acceptors (Lipinski definition) is 11. The van der Waals surface area contributed by atoms with Crippen molar-refractivity contribution in [1.29, 1.82) is 0 Å². The molecule has 0 radical (unpaired) electrons. The zero-order chi connectivity index (χ0) is 44.4. The minimum absolute atomic E-state index is 0.0575. The number of carboxylic acids is 2. The fourth-order valence-electron chi connectivity index (χ4n) is 8.65. The molecule has 8 rings (SSSR count). The Hall–Kier alpha value is -5.00. The Bertz CT molecular complexity index is 2990. The van der Waals surface area contributed by atoms with E-state index in [9.17, 15) is 29.1 Å². The summed E-state index contributed by atoms with van der Waals surface area (Å²) in [5.74, 6) is -1.91. The average Bonchev–Trinajstić information content (AvgIpc) is 4.08. The van der Waals surface area contributed by atoms with Crippen LogP contribution in [0.4, 0.5) is 11.4 Å². The van der Waals surface area contributed by atoms with Crippen molar-refractivity contribution in [2.75, 3.05) is 17.7 Å².